The van der Waals surface area contributed by atoms with Crippen molar-refractivity contribution in [1.82, 2.24) is 4.90 Å². The van der Waals surface area contributed by atoms with Crippen LogP contribution in [0.2, 0.25) is 0 Å². The highest BCUT2D eigenvalue weighted by atomic mass is 16.3. The summed E-state index contributed by atoms with van der Waals surface area (Å²) in [6.45, 7) is 3.12. The Balaban J connectivity index is 1.58. The SMILES string of the molecule is NCc1ccc(C(O)CN2CC3CCC(O)C3C2)cc1. The van der Waals surface area contributed by atoms with Crippen molar-refractivity contribution < 1.29 is 10.2 Å². The molecule has 4 heteroatoms. The summed E-state index contributed by atoms with van der Waals surface area (Å²) in [4.78, 5) is 2.29. The van der Waals surface area contributed by atoms with Crippen LogP contribution in [-0.2, 0) is 6.54 Å². The molecule has 1 aromatic rings. The molecule has 1 saturated heterocycles. The van der Waals surface area contributed by atoms with Crippen LogP contribution in [0.1, 0.15) is 30.1 Å². The van der Waals surface area contributed by atoms with E-state index in [-0.39, 0.29) is 6.10 Å². The van der Waals surface area contributed by atoms with E-state index in [4.69, 9.17) is 5.73 Å². The average Bonchev–Trinajstić information content (AvgIpc) is 3.01. The second-order valence-corrected chi connectivity index (χ2v) is 6.25. The van der Waals surface area contributed by atoms with E-state index in [0.717, 1.165) is 37.1 Å². The van der Waals surface area contributed by atoms with E-state index in [1.165, 1.54) is 0 Å². The normalized spacial score (nSPS) is 31.4. The van der Waals surface area contributed by atoms with E-state index in [2.05, 4.69) is 4.90 Å². The number of β-amino-alcohol motifs (C(OH)–C–C–N with tert-alkyl or cyclic N) is 1. The molecule has 4 atom stereocenters. The molecular formula is C16H24N2O2. The average molecular weight is 276 g/mol. The standard InChI is InChI=1S/C16H24N2O2/c17-7-11-1-3-12(4-2-11)16(20)10-18-8-13-5-6-15(19)14(13)9-18/h1-4,13-16,19-20H,5-10,17H2. The van der Waals surface area contributed by atoms with Crippen LogP contribution in [0.3, 0.4) is 0 Å². The Bertz CT molecular complexity index is 448. The number of likely N-dealkylation sites (tertiary alicyclic amines) is 1. The summed E-state index contributed by atoms with van der Waals surface area (Å²) in [5.41, 5.74) is 7.61. The lowest BCUT2D eigenvalue weighted by Gasteiger charge is -2.21. The van der Waals surface area contributed by atoms with E-state index in [0.29, 0.717) is 24.9 Å². The minimum absolute atomic E-state index is 0.133. The zero-order valence-corrected chi connectivity index (χ0v) is 11.8. The van der Waals surface area contributed by atoms with Crippen LogP contribution in [0.4, 0.5) is 0 Å². The summed E-state index contributed by atoms with van der Waals surface area (Å²) >= 11 is 0. The van der Waals surface area contributed by atoms with Gasteiger partial charge in [-0.2, -0.15) is 0 Å². The number of aliphatic hydroxyl groups excluding tert-OH is 2. The Labute approximate surface area is 120 Å². The van der Waals surface area contributed by atoms with Crippen LogP contribution in [0.15, 0.2) is 24.3 Å². The fraction of sp³-hybridized carbons (Fsp3) is 0.625. The summed E-state index contributed by atoms with van der Waals surface area (Å²) in [5.74, 6) is 1.04. The van der Waals surface area contributed by atoms with Gasteiger partial charge in [0.2, 0.25) is 0 Å². The number of benzene rings is 1. The van der Waals surface area contributed by atoms with Crippen molar-refractivity contribution in [3.63, 3.8) is 0 Å². The van der Waals surface area contributed by atoms with Gasteiger partial charge in [0.05, 0.1) is 12.2 Å². The van der Waals surface area contributed by atoms with Crippen LogP contribution in [0.25, 0.3) is 0 Å². The largest absolute Gasteiger partial charge is 0.393 e. The van der Waals surface area contributed by atoms with E-state index < -0.39 is 6.10 Å². The van der Waals surface area contributed by atoms with E-state index in [9.17, 15) is 10.2 Å². The van der Waals surface area contributed by atoms with Gasteiger partial charge in [-0.05, 0) is 29.9 Å². The summed E-state index contributed by atoms with van der Waals surface area (Å²) < 4.78 is 0. The lowest BCUT2D eigenvalue weighted by Crippen LogP contribution is -2.29. The maximum absolute atomic E-state index is 10.3. The predicted octanol–water partition coefficient (Wildman–Crippen LogP) is 0.881. The highest BCUT2D eigenvalue weighted by Crippen LogP contribution is 2.38. The highest BCUT2D eigenvalue weighted by molar-refractivity contribution is 5.24. The maximum atomic E-state index is 10.3. The van der Waals surface area contributed by atoms with Crippen LogP contribution in [0.5, 0.6) is 0 Å². The number of fused-ring (bicyclic) bond motifs is 1. The third-order valence-electron chi connectivity index (χ3n) is 4.93. The van der Waals surface area contributed by atoms with Gasteiger partial charge in [-0.1, -0.05) is 24.3 Å². The van der Waals surface area contributed by atoms with Gasteiger partial charge < -0.3 is 15.9 Å². The van der Waals surface area contributed by atoms with Gasteiger partial charge in [0, 0.05) is 32.1 Å². The number of hydrogen-bond acceptors (Lipinski definition) is 4. The molecule has 4 N–H and O–H groups in total. The minimum Gasteiger partial charge on any atom is -0.393 e. The van der Waals surface area contributed by atoms with Crippen molar-refractivity contribution in [2.75, 3.05) is 19.6 Å². The molecule has 3 rings (SSSR count). The molecule has 0 spiro atoms. The van der Waals surface area contributed by atoms with Gasteiger partial charge in [0.1, 0.15) is 0 Å². The number of nitrogens with two attached hydrogens (primary N) is 1. The highest BCUT2D eigenvalue weighted by Gasteiger charge is 2.41. The van der Waals surface area contributed by atoms with Gasteiger partial charge in [0.25, 0.3) is 0 Å². The Kier molecular flexibility index (Phi) is 4.08. The molecule has 2 fully saturated rings. The number of rotatable bonds is 4. The zero-order valence-electron chi connectivity index (χ0n) is 11.8. The predicted molar refractivity (Wildman–Crippen MR) is 78.0 cm³/mol. The van der Waals surface area contributed by atoms with Crippen molar-refractivity contribution in [3.8, 4) is 0 Å². The van der Waals surface area contributed by atoms with E-state index >= 15 is 0 Å². The molecule has 1 aliphatic carbocycles. The first kappa shape index (κ1) is 14.0. The molecule has 1 aliphatic heterocycles. The Hall–Kier alpha value is -0.940. The second-order valence-electron chi connectivity index (χ2n) is 6.25. The van der Waals surface area contributed by atoms with Gasteiger partial charge >= 0.3 is 0 Å². The molecule has 1 aromatic carbocycles. The lowest BCUT2D eigenvalue weighted by molar-refractivity contribution is 0.101. The first-order valence-corrected chi connectivity index (χ1v) is 7.54. The third kappa shape index (κ3) is 2.74. The molecule has 0 radical (unpaired) electrons. The minimum atomic E-state index is -0.460. The molecule has 2 aliphatic rings. The molecular weight excluding hydrogens is 252 g/mol. The topological polar surface area (TPSA) is 69.7 Å². The summed E-state index contributed by atoms with van der Waals surface area (Å²) in [6.07, 6.45) is 1.49. The zero-order chi connectivity index (χ0) is 14.1. The van der Waals surface area contributed by atoms with Crippen LogP contribution < -0.4 is 5.73 Å². The van der Waals surface area contributed by atoms with Gasteiger partial charge in [-0.3, -0.25) is 4.90 Å². The molecule has 4 unspecified atom stereocenters. The monoisotopic (exact) mass is 276 g/mol. The molecule has 0 bridgehead atoms. The smallest absolute Gasteiger partial charge is 0.0916 e. The van der Waals surface area contributed by atoms with Gasteiger partial charge in [-0.15, -0.1) is 0 Å². The van der Waals surface area contributed by atoms with Crippen LogP contribution >= 0.6 is 0 Å². The van der Waals surface area contributed by atoms with Gasteiger partial charge in [-0.25, -0.2) is 0 Å². The Morgan fingerprint density at radius 3 is 2.60 bits per heavy atom. The van der Waals surface area contributed by atoms with Crippen molar-refractivity contribution in [1.29, 1.82) is 0 Å². The van der Waals surface area contributed by atoms with Crippen molar-refractivity contribution in [2.24, 2.45) is 17.6 Å². The molecule has 20 heavy (non-hydrogen) atoms. The van der Waals surface area contributed by atoms with E-state index in [1.54, 1.807) is 0 Å². The first-order valence-electron chi connectivity index (χ1n) is 7.54. The van der Waals surface area contributed by atoms with Crippen molar-refractivity contribution in [3.05, 3.63) is 35.4 Å². The third-order valence-corrected chi connectivity index (χ3v) is 4.93. The second kappa shape index (κ2) is 5.82. The molecule has 110 valence electrons. The quantitative estimate of drug-likeness (QED) is 0.763. The van der Waals surface area contributed by atoms with Crippen LogP contribution in [-0.4, -0.2) is 40.9 Å². The first-order chi connectivity index (χ1) is 9.67. The number of aliphatic hydroxyl groups is 2. The van der Waals surface area contributed by atoms with E-state index in [1.807, 2.05) is 24.3 Å². The summed E-state index contributed by atoms with van der Waals surface area (Å²) in [6, 6.07) is 7.86. The fourth-order valence-corrected chi connectivity index (χ4v) is 3.70. The molecule has 0 aromatic heterocycles. The van der Waals surface area contributed by atoms with Crippen LogP contribution in [0, 0.1) is 11.8 Å². The lowest BCUT2D eigenvalue weighted by atomic mass is 10.00. The molecule has 1 heterocycles. The van der Waals surface area contributed by atoms with Crippen molar-refractivity contribution in [2.45, 2.75) is 31.6 Å². The molecule has 0 amide bonds. The van der Waals surface area contributed by atoms with Gasteiger partial charge in [0.15, 0.2) is 0 Å². The summed E-state index contributed by atoms with van der Waals surface area (Å²) in [5, 5.41) is 20.3. The van der Waals surface area contributed by atoms with Crippen molar-refractivity contribution >= 4 is 0 Å². The summed E-state index contributed by atoms with van der Waals surface area (Å²) in [7, 11) is 0. The Morgan fingerprint density at radius 2 is 1.95 bits per heavy atom. The number of hydrogen-bond donors (Lipinski definition) is 3. The number of nitrogens with zero attached hydrogens (tertiary/aromatic N) is 1. The molecule has 4 nitrogen and oxygen atoms in total. The molecule has 1 saturated carbocycles. The maximum Gasteiger partial charge on any atom is 0.0916 e. The Morgan fingerprint density at radius 1 is 1.20 bits per heavy atom. The fourth-order valence-electron chi connectivity index (χ4n) is 3.70.